The van der Waals surface area contributed by atoms with E-state index in [1.54, 1.807) is 12.0 Å². The molecular weight excluding hydrogens is 346 g/mol. The molecule has 1 unspecified atom stereocenters. The molecule has 1 aromatic rings. The zero-order valence-electron chi connectivity index (χ0n) is 16.4. The number of ether oxygens (including phenoxy) is 2. The molecule has 7 nitrogen and oxygen atoms in total. The molecule has 0 aromatic heterocycles. The summed E-state index contributed by atoms with van der Waals surface area (Å²) >= 11 is 0. The number of para-hydroxylation sites is 1. The fourth-order valence-electron chi connectivity index (χ4n) is 3.02. The molecule has 0 radical (unpaired) electrons. The minimum Gasteiger partial charge on any atom is -0.496 e. The van der Waals surface area contributed by atoms with Gasteiger partial charge in [0, 0.05) is 25.3 Å². The molecule has 0 spiro atoms. The van der Waals surface area contributed by atoms with Crippen molar-refractivity contribution in [1.82, 2.24) is 10.2 Å². The van der Waals surface area contributed by atoms with E-state index in [1.807, 2.05) is 38.1 Å². The van der Waals surface area contributed by atoms with Gasteiger partial charge in [-0.25, -0.2) is 0 Å². The molecule has 0 aliphatic carbocycles. The lowest BCUT2D eigenvalue weighted by atomic mass is 10.1. The zero-order chi connectivity index (χ0) is 19.8. The molecule has 150 valence electrons. The van der Waals surface area contributed by atoms with Crippen LogP contribution in [0.3, 0.4) is 0 Å². The van der Waals surface area contributed by atoms with Crippen LogP contribution in [-0.4, -0.2) is 55.7 Å². The van der Waals surface area contributed by atoms with Crippen LogP contribution < -0.4 is 15.8 Å². The van der Waals surface area contributed by atoms with Crippen molar-refractivity contribution < 1.29 is 19.1 Å². The Morgan fingerprint density at radius 1 is 1.37 bits per heavy atom. The number of nitrogens with one attached hydrogen (secondary N) is 1. The Labute approximate surface area is 161 Å². The van der Waals surface area contributed by atoms with Crippen LogP contribution in [0.5, 0.6) is 5.75 Å². The number of hydrogen-bond donors (Lipinski definition) is 2. The molecule has 3 N–H and O–H groups in total. The number of hydrogen-bond acceptors (Lipinski definition) is 5. The number of amides is 2. The molecule has 1 aliphatic rings. The number of rotatable bonds is 9. The van der Waals surface area contributed by atoms with Crippen LogP contribution in [-0.2, 0) is 20.9 Å². The Morgan fingerprint density at radius 2 is 2.11 bits per heavy atom. The van der Waals surface area contributed by atoms with Gasteiger partial charge < -0.3 is 25.4 Å². The normalized spacial score (nSPS) is 17.6. The van der Waals surface area contributed by atoms with Crippen LogP contribution >= 0.6 is 0 Å². The number of nitrogens with two attached hydrogens (primary N) is 1. The summed E-state index contributed by atoms with van der Waals surface area (Å²) in [5.74, 6) is 0.263. The molecule has 1 aromatic carbocycles. The first-order valence-corrected chi connectivity index (χ1v) is 9.47. The van der Waals surface area contributed by atoms with Gasteiger partial charge in [0.05, 0.1) is 25.8 Å². The Hall–Kier alpha value is -2.12. The number of benzene rings is 1. The van der Waals surface area contributed by atoms with Gasteiger partial charge in [0.2, 0.25) is 11.8 Å². The maximum absolute atomic E-state index is 12.8. The maximum Gasteiger partial charge on any atom is 0.242 e. The highest BCUT2D eigenvalue weighted by Crippen LogP contribution is 2.21. The summed E-state index contributed by atoms with van der Waals surface area (Å²) in [6.45, 7) is 5.27. The number of nitrogens with zero attached hydrogens (tertiary/aromatic N) is 1. The van der Waals surface area contributed by atoms with E-state index in [0.29, 0.717) is 13.1 Å². The van der Waals surface area contributed by atoms with Crippen molar-refractivity contribution in [2.75, 3.05) is 26.8 Å². The summed E-state index contributed by atoms with van der Waals surface area (Å²) in [5.41, 5.74) is 6.76. The van der Waals surface area contributed by atoms with E-state index in [-0.39, 0.29) is 30.4 Å². The SMILES string of the molecule is COc1ccccc1CN(CC1CCCO1)C(=O)CNC(=O)[C@@H](N)C(C)C. The standard InChI is InChI=1S/C20H31N3O4/c1-14(2)19(21)20(25)22-11-18(24)23(13-16-8-6-10-27-16)12-15-7-4-5-9-17(15)26-3/h4-5,7,9,14,16,19H,6,8,10-13,21H2,1-3H3,(H,22,25)/t16?,19-/m0/s1. The number of carbonyl (C=O) groups excluding carboxylic acids is 2. The van der Waals surface area contributed by atoms with Crippen molar-refractivity contribution in [3.8, 4) is 5.75 Å². The van der Waals surface area contributed by atoms with Gasteiger partial charge >= 0.3 is 0 Å². The van der Waals surface area contributed by atoms with Gasteiger partial charge in [0.1, 0.15) is 5.75 Å². The molecule has 2 atom stereocenters. The Balaban J connectivity index is 2.04. The van der Waals surface area contributed by atoms with Crippen molar-refractivity contribution in [1.29, 1.82) is 0 Å². The second-order valence-electron chi connectivity index (χ2n) is 7.21. The predicted octanol–water partition coefficient (Wildman–Crippen LogP) is 1.30. The molecule has 2 amide bonds. The van der Waals surface area contributed by atoms with Crippen molar-refractivity contribution in [2.45, 2.75) is 45.4 Å². The summed E-state index contributed by atoms with van der Waals surface area (Å²) in [6, 6.07) is 6.98. The quantitative estimate of drug-likeness (QED) is 0.677. The first-order valence-electron chi connectivity index (χ1n) is 9.47. The third-order valence-electron chi connectivity index (χ3n) is 4.79. The van der Waals surface area contributed by atoms with Crippen molar-refractivity contribution >= 4 is 11.8 Å². The molecular formula is C20H31N3O4. The molecule has 7 heteroatoms. The van der Waals surface area contributed by atoms with E-state index in [9.17, 15) is 9.59 Å². The lowest BCUT2D eigenvalue weighted by Gasteiger charge is -2.27. The topological polar surface area (TPSA) is 93.9 Å². The van der Waals surface area contributed by atoms with E-state index >= 15 is 0 Å². The largest absolute Gasteiger partial charge is 0.496 e. The van der Waals surface area contributed by atoms with E-state index in [4.69, 9.17) is 15.2 Å². The van der Waals surface area contributed by atoms with Crippen molar-refractivity contribution in [3.05, 3.63) is 29.8 Å². The summed E-state index contributed by atoms with van der Waals surface area (Å²) in [4.78, 5) is 26.6. The van der Waals surface area contributed by atoms with Gasteiger partial charge in [-0.1, -0.05) is 32.0 Å². The summed E-state index contributed by atoms with van der Waals surface area (Å²) < 4.78 is 11.1. The molecule has 27 heavy (non-hydrogen) atoms. The van der Waals surface area contributed by atoms with E-state index < -0.39 is 6.04 Å². The fraction of sp³-hybridized carbons (Fsp3) is 0.600. The first-order chi connectivity index (χ1) is 12.9. The third-order valence-corrected chi connectivity index (χ3v) is 4.79. The summed E-state index contributed by atoms with van der Waals surface area (Å²) in [7, 11) is 1.61. The minimum atomic E-state index is -0.626. The van der Waals surface area contributed by atoms with Gasteiger partial charge in [-0.3, -0.25) is 9.59 Å². The summed E-state index contributed by atoms with van der Waals surface area (Å²) in [6.07, 6.45) is 1.96. The van der Waals surface area contributed by atoms with Crippen LogP contribution in [0.15, 0.2) is 24.3 Å². The summed E-state index contributed by atoms with van der Waals surface area (Å²) in [5, 5.41) is 2.66. The average Bonchev–Trinajstić information content (AvgIpc) is 3.18. The zero-order valence-corrected chi connectivity index (χ0v) is 16.4. The highest BCUT2D eigenvalue weighted by molar-refractivity contribution is 5.87. The first kappa shape index (κ1) is 21.2. The van der Waals surface area contributed by atoms with Crippen molar-refractivity contribution in [2.24, 2.45) is 11.7 Å². The Morgan fingerprint density at radius 3 is 2.74 bits per heavy atom. The average molecular weight is 377 g/mol. The van der Waals surface area contributed by atoms with Gasteiger partial charge in [0.25, 0.3) is 0 Å². The van der Waals surface area contributed by atoms with Crippen molar-refractivity contribution in [3.63, 3.8) is 0 Å². The molecule has 0 saturated carbocycles. The van der Waals surface area contributed by atoms with Crippen LogP contribution in [0.4, 0.5) is 0 Å². The number of carbonyl (C=O) groups is 2. The number of methoxy groups -OCH3 is 1. The monoisotopic (exact) mass is 377 g/mol. The lowest BCUT2D eigenvalue weighted by Crippen LogP contribution is -2.48. The van der Waals surface area contributed by atoms with E-state index in [0.717, 1.165) is 30.8 Å². The second-order valence-corrected chi connectivity index (χ2v) is 7.21. The maximum atomic E-state index is 12.8. The predicted molar refractivity (Wildman–Crippen MR) is 103 cm³/mol. The molecule has 0 bridgehead atoms. The van der Waals surface area contributed by atoms with Gasteiger partial charge in [0.15, 0.2) is 0 Å². The molecule has 1 aliphatic heterocycles. The van der Waals surface area contributed by atoms with Gasteiger partial charge in [-0.15, -0.1) is 0 Å². The molecule has 1 fully saturated rings. The molecule has 1 heterocycles. The Bertz CT molecular complexity index is 629. The fourth-order valence-corrected chi connectivity index (χ4v) is 3.02. The lowest BCUT2D eigenvalue weighted by molar-refractivity contribution is -0.135. The highest BCUT2D eigenvalue weighted by Gasteiger charge is 2.25. The van der Waals surface area contributed by atoms with Crippen LogP contribution in [0.2, 0.25) is 0 Å². The van der Waals surface area contributed by atoms with E-state index in [2.05, 4.69) is 5.32 Å². The molecule has 2 rings (SSSR count). The smallest absolute Gasteiger partial charge is 0.242 e. The minimum absolute atomic E-state index is 0.0108. The van der Waals surface area contributed by atoms with E-state index in [1.165, 1.54) is 0 Å². The van der Waals surface area contributed by atoms with Crippen LogP contribution in [0.1, 0.15) is 32.3 Å². The van der Waals surface area contributed by atoms with Gasteiger partial charge in [-0.05, 0) is 24.8 Å². The second kappa shape index (κ2) is 10.3. The molecule has 1 saturated heterocycles. The highest BCUT2D eigenvalue weighted by atomic mass is 16.5. The third kappa shape index (κ3) is 6.22. The van der Waals surface area contributed by atoms with Gasteiger partial charge in [-0.2, -0.15) is 0 Å². The van der Waals surface area contributed by atoms with Crippen LogP contribution in [0, 0.1) is 5.92 Å². The Kier molecular flexibility index (Phi) is 8.06. The van der Waals surface area contributed by atoms with Crippen LogP contribution in [0.25, 0.3) is 0 Å².